The molecular weight excluding hydrogens is 489 g/mol. The third-order valence-electron chi connectivity index (χ3n) is 6.38. The quantitative estimate of drug-likeness (QED) is 0.482. The smallest absolute Gasteiger partial charge is 0.378 e. The minimum absolute atomic E-state index is 0.0414. The Labute approximate surface area is 214 Å². The number of hydrogen-bond acceptors (Lipinski definition) is 8. The number of halogens is 3. The lowest BCUT2D eigenvalue weighted by molar-refractivity contribution is -0.137. The van der Waals surface area contributed by atoms with E-state index in [1.54, 1.807) is 4.90 Å². The van der Waals surface area contributed by atoms with Crippen LogP contribution in [0.5, 0.6) is 0 Å². The zero-order valence-electron chi connectivity index (χ0n) is 20.9. The number of aryl methyl sites for hydroxylation is 1. The molecule has 0 radical (unpaired) electrons. The van der Waals surface area contributed by atoms with Gasteiger partial charge in [0.15, 0.2) is 0 Å². The van der Waals surface area contributed by atoms with E-state index >= 15 is 0 Å². The molecule has 0 saturated carbocycles. The lowest BCUT2D eigenvalue weighted by Crippen LogP contribution is -2.36. The molecule has 9 nitrogen and oxygen atoms in total. The van der Waals surface area contributed by atoms with Crippen molar-refractivity contribution in [2.24, 2.45) is 0 Å². The first-order valence-corrected chi connectivity index (χ1v) is 12.6. The van der Waals surface area contributed by atoms with Crippen LogP contribution in [-0.4, -0.2) is 79.9 Å². The molecule has 0 unspecified atom stereocenters. The number of nitrogens with one attached hydrogen (secondary N) is 2. The van der Waals surface area contributed by atoms with Crippen molar-refractivity contribution < 1.29 is 27.4 Å². The molecule has 2 aromatic rings. The first-order valence-electron chi connectivity index (χ1n) is 12.6. The number of carbonyl (C=O) groups is 1. The molecule has 12 heteroatoms. The molecule has 0 atom stereocenters. The number of alkyl halides is 3. The number of hydrogen-bond donors (Lipinski definition) is 2. The molecule has 3 heterocycles. The summed E-state index contributed by atoms with van der Waals surface area (Å²) in [5, 5.41) is 5.89. The minimum Gasteiger partial charge on any atom is -0.378 e. The molecule has 1 amide bonds. The van der Waals surface area contributed by atoms with Gasteiger partial charge in [0.05, 0.1) is 13.2 Å². The fraction of sp³-hybridized carbons (Fsp3) is 0.560. The Bertz CT molecular complexity index is 1060. The van der Waals surface area contributed by atoms with Crippen LogP contribution in [0.2, 0.25) is 0 Å². The Morgan fingerprint density at radius 1 is 1.11 bits per heavy atom. The molecule has 2 saturated heterocycles. The van der Waals surface area contributed by atoms with Crippen molar-refractivity contribution in [1.29, 1.82) is 0 Å². The lowest BCUT2D eigenvalue weighted by Gasteiger charge is -2.29. The number of ether oxygens (including phenoxy) is 2. The maximum Gasteiger partial charge on any atom is 0.421 e. The van der Waals surface area contributed by atoms with Crippen LogP contribution in [0.25, 0.3) is 0 Å². The highest BCUT2D eigenvalue weighted by Crippen LogP contribution is 2.34. The summed E-state index contributed by atoms with van der Waals surface area (Å²) in [6, 6.07) is 5.96. The highest BCUT2D eigenvalue weighted by Gasteiger charge is 2.35. The zero-order valence-corrected chi connectivity index (χ0v) is 20.9. The standard InChI is InChI=1S/C25H33F3N6O3/c1-2-18-15-19(33-10-13-36-14-11-33)5-6-21(18)31-24-30-16-20(25(26,27)28)23(32-24)29-7-3-8-34-9-4-12-37-17-22(34)35/h5-6,15-16H,2-4,7-14,17H2,1H3,(H2,29,30,31,32). The molecule has 4 rings (SSSR count). The third-order valence-corrected chi connectivity index (χ3v) is 6.38. The molecule has 1 aromatic heterocycles. The van der Waals surface area contributed by atoms with Gasteiger partial charge in [-0.2, -0.15) is 18.2 Å². The van der Waals surface area contributed by atoms with Crippen molar-refractivity contribution in [2.45, 2.75) is 32.4 Å². The Morgan fingerprint density at radius 3 is 2.68 bits per heavy atom. The van der Waals surface area contributed by atoms with Crippen molar-refractivity contribution in [3.8, 4) is 0 Å². The van der Waals surface area contributed by atoms with Crippen LogP contribution in [0, 0.1) is 0 Å². The highest BCUT2D eigenvalue weighted by molar-refractivity contribution is 5.77. The molecule has 0 bridgehead atoms. The molecule has 37 heavy (non-hydrogen) atoms. The average molecular weight is 523 g/mol. The van der Waals surface area contributed by atoms with E-state index < -0.39 is 11.7 Å². The van der Waals surface area contributed by atoms with E-state index in [0.29, 0.717) is 39.3 Å². The number of benzene rings is 1. The van der Waals surface area contributed by atoms with Gasteiger partial charge in [-0.15, -0.1) is 0 Å². The second-order valence-corrected chi connectivity index (χ2v) is 8.94. The lowest BCUT2D eigenvalue weighted by atomic mass is 10.1. The Morgan fingerprint density at radius 2 is 1.92 bits per heavy atom. The molecule has 2 N–H and O–H groups in total. The van der Waals surface area contributed by atoms with Gasteiger partial charge in [-0.05, 0) is 43.0 Å². The SMILES string of the molecule is CCc1cc(N2CCOCC2)ccc1Nc1ncc(C(F)(F)F)c(NCCCN2CCCOCC2=O)n1. The van der Waals surface area contributed by atoms with Gasteiger partial charge < -0.3 is 29.9 Å². The van der Waals surface area contributed by atoms with E-state index in [0.717, 1.165) is 49.1 Å². The number of rotatable bonds is 9. The normalized spacial score (nSPS) is 17.0. The van der Waals surface area contributed by atoms with Gasteiger partial charge in [-0.25, -0.2) is 4.98 Å². The predicted molar refractivity (Wildman–Crippen MR) is 134 cm³/mol. The van der Waals surface area contributed by atoms with Crippen molar-refractivity contribution in [2.75, 3.05) is 74.7 Å². The first-order chi connectivity index (χ1) is 17.8. The van der Waals surface area contributed by atoms with Gasteiger partial charge in [0.2, 0.25) is 11.9 Å². The van der Waals surface area contributed by atoms with Crippen LogP contribution in [0.4, 0.5) is 36.3 Å². The number of anilines is 4. The van der Waals surface area contributed by atoms with E-state index in [9.17, 15) is 18.0 Å². The number of nitrogens with zero attached hydrogens (tertiary/aromatic N) is 4. The summed E-state index contributed by atoms with van der Waals surface area (Å²) in [4.78, 5) is 24.1. The summed E-state index contributed by atoms with van der Waals surface area (Å²) >= 11 is 0. The minimum atomic E-state index is -4.60. The third kappa shape index (κ3) is 7.22. The van der Waals surface area contributed by atoms with Gasteiger partial charge >= 0.3 is 6.18 Å². The molecule has 1 aromatic carbocycles. The largest absolute Gasteiger partial charge is 0.421 e. The Hall–Kier alpha value is -3.12. The van der Waals surface area contributed by atoms with Crippen LogP contribution >= 0.6 is 0 Å². The van der Waals surface area contributed by atoms with E-state index in [-0.39, 0.29) is 30.8 Å². The summed E-state index contributed by atoms with van der Waals surface area (Å²) in [7, 11) is 0. The van der Waals surface area contributed by atoms with Crippen LogP contribution in [-0.2, 0) is 26.9 Å². The summed E-state index contributed by atoms with van der Waals surface area (Å²) < 4.78 is 51.5. The number of morpholine rings is 1. The maximum atomic E-state index is 13.6. The summed E-state index contributed by atoms with van der Waals surface area (Å²) in [5.74, 6) is -0.323. The van der Waals surface area contributed by atoms with Crippen molar-refractivity contribution in [1.82, 2.24) is 14.9 Å². The summed E-state index contributed by atoms with van der Waals surface area (Å²) in [6.07, 6.45) is -1.87. The molecular formula is C25H33F3N6O3. The van der Waals surface area contributed by atoms with Gasteiger partial charge in [-0.1, -0.05) is 6.92 Å². The van der Waals surface area contributed by atoms with E-state index in [1.807, 2.05) is 19.1 Å². The predicted octanol–water partition coefficient (Wildman–Crippen LogP) is 3.69. The van der Waals surface area contributed by atoms with E-state index in [4.69, 9.17) is 9.47 Å². The summed E-state index contributed by atoms with van der Waals surface area (Å²) in [6.45, 7) is 6.81. The van der Waals surface area contributed by atoms with Crippen molar-refractivity contribution >= 4 is 29.0 Å². The van der Waals surface area contributed by atoms with Crippen LogP contribution < -0.4 is 15.5 Å². The van der Waals surface area contributed by atoms with Gasteiger partial charge in [0.25, 0.3) is 0 Å². The second-order valence-electron chi connectivity index (χ2n) is 8.94. The van der Waals surface area contributed by atoms with E-state index in [2.05, 4.69) is 31.6 Å². The molecule has 2 aliphatic heterocycles. The zero-order chi connectivity index (χ0) is 26.3. The molecule has 2 fully saturated rings. The maximum absolute atomic E-state index is 13.6. The molecule has 0 spiro atoms. The van der Waals surface area contributed by atoms with Crippen molar-refractivity contribution in [3.63, 3.8) is 0 Å². The Kier molecular flexibility index (Phi) is 9.04. The number of carbonyl (C=O) groups excluding carboxylic acids is 1. The monoisotopic (exact) mass is 522 g/mol. The molecule has 2 aliphatic rings. The fourth-order valence-electron chi connectivity index (χ4n) is 4.36. The van der Waals surface area contributed by atoms with Crippen LogP contribution in [0.3, 0.4) is 0 Å². The molecule has 0 aliphatic carbocycles. The van der Waals surface area contributed by atoms with Gasteiger partial charge in [0, 0.05) is 56.9 Å². The van der Waals surface area contributed by atoms with E-state index in [1.165, 1.54) is 0 Å². The Balaban J connectivity index is 1.44. The summed E-state index contributed by atoms with van der Waals surface area (Å²) in [5.41, 5.74) is 1.90. The highest BCUT2D eigenvalue weighted by atomic mass is 19.4. The number of aromatic nitrogens is 2. The van der Waals surface area contributed by atoms with Gasteiger partial charge in [0.1, 0.15) is 18.0 Å². The van der Waals surface area contributed by atoms with Crippen molar-refractivity contribution in [3.05, 3.63) is 35.5 Å². The topological polar surface area (TPSA) is 91.9 Å². The molecule has 202 valence electrons. The number of amides is 1. The first kappa shape index (κ1) is 26.9. The van der Waals surface area contributed by atoms with Crippen LogP contribution in [0.1, 0.15) is 30.9 Å². The van der Waals surface area contributed by atoms with Crippen LogP contribution in [0.15, 0.2) is 24.4 Å². The van der Waals surface area contributed by atoms with Gasteiger partial charge in [-0.3, -0.25) is 4.79 Å². The second kappa shape index (κ2) is 12.4. The fourth-order valence-corrected chi connectivity index (χ4v) is 4.36. The average Bonchev–Trinajstić information content (AvgIpc) is 3.10.